The molecule has 1 aliphatic heterocycles. The van der Waals surface area contributed by atoms with E-state index in [0.29, 0.717) is 18.9 Å². The van der Waals surface area contributed by atoms with Crippen molar-refractivity contribution in [2.24, 2.45) is 0 Å². The highest BCUT2D eigenvalue weighted by molar-refractivity contribution is 5.92. The molecule has 1 fully saturated rings. The summed E-state index contributed by atoms with van der Waals surface area (Å²) in [5, 5.41) is 8.92. The SMILES string of the molecule is CN1CCN(c2ncc(C(=O)O)cc2N)C(C)(C)C1=O. The molecule has 0 unspecified atom stereocenters. The Balaban J connectivity index is 2.41. The first-order chi connectivity index (χ1) is 9.25. The number of pyridine rings is 1. The minimum Gasteiger partial charge on any atom is -0.478 e. The molecule has 20 heavy (non-hydrogen) atoms. The van der Waals surface area contributed by atoms with E-state index in [1.165, 1.54) is 12.3 Å². The molecule has 0 aliphatic carbocycles. The fourth-order valence-electron chi connectivity index (χ4n) is 2.40. The zero-order chi connectivity index (χ0) is 15.1. The van der Waals surface area contributed by atoms with Crippen LogP contribution in [0.5, 0.6) is 0 Å². The number of carbonyl (C=O) groups excluding carboxylic acids is 1. The summed E-state index contributed by atoms with van der Waals surface area (Å²) in [5.74, 6) is -0.654. The van der Waals surface area contributed by atoms with Gasteiger partial charge in [0, 0.05) is 26.3 Å². The van der Waals surface area contributed by atoms with Crippen LogP contribution < -0.4 is 10.6 Å². The number of aromatic carboxylic acids is 1. The Morgan fingerprint density at radius 1 is 1.45 bits per heavy atom. The second-order valence-electron chi connectivity index (χ2n) is 5.38. The summed E-state index contributed by atoms with van der Waals surface area (Å²) in [7, 11) is 1.76. The van der Waals surface area contributed by atoms with E-state index >= 15 is 0 Å². The van der Waals surface area contributed by atoms with E-state index in [9.17, 15) is 9.59 Å². The van der Waals surface area contributed by atoms with Crippen molar-refractivity contribution < 1.29 is 14.7 Å². The number of likely N-dealkylation sites (N-methyl/N-ethyl adjacent to an activating group) is 1. The molecule has 3 N–H and O–H groups in total. The summed E-state index contributed by atoms with van der Waals surface area (Å²) >= 11 is 0. The smallest absolute Gasteiger partial charge is 0.337 e. The van der Waals surface area contributed by atoms with E-state index in [0.717, 1.165) is 0 Å². The molecule has 2 heterocycles. The van der Waals surface area contributed by atoms with Gasteiger partial charge in [0.25, 0.3) is 0 Å². The summed E-state index contributed by atoms with van der Waals surface area (Å²) in [4.78, 5) is 30.7. The molecule has 1 aliphatic rings. The molecule has 0 atom stereocenters. The van der Waals surface area contributed by atoms with Crippen LogP contribution in [-0.2, 0) is 4.79 Å². The zero-order valence-electron chi connectivity index (χ0n) is 11.8. The summed E-state index contributed by atoms with van der Waals surface area (Å²) < 4.78 is 0. The van der Waals surface area contributed by atoms with E-state index in [1.54, 1.807) is 25.8 Å². The highest BCUT2D eigenvalue weighted by Gasteiger charge is 2.41. The predicted octanol–water partition coefficient (Wildman–Crippen LogP) is 0.419. The number of nitrogen functional groups attached to an aromatic ring is 1. The molecular weight excluding hydrogens is 260 g/mol. The van der Waals surface area contributed by atoms with Crippen LogP contribution in [0.1, 0.15) is 24.2 Å². The Bertz CT molecular complexity index is 571. The van der Waals surface area contributed by atoms with Gasteiger partial charge in [-0.25, -0.2) is 9.78 Å². The summed E-state index contributed by atoms with van der Waals surface area (Å²) in [6.45, 7) is 4.78. The highest BCUT2D eigenvalue weighted by atomic mass is 16.4. The Labute approximate surface area is 117 Å². The van der Waals surface area contributed by atoms with Crippen LogP contribution in [-0.4, -0.2) is 52.5 Å². The second-order valence-corrected chi connectivity index (χ2v) is 5.38. The molecule has 1 aromatic rings. The number of carboxylic acids is 1. The van der Waals surface area contributed by atoms with Crippen LogP contribution in [0.2, 0.25) is 0 Å². The van der Waals surface area contributed by atoms with Crippen molar-refractivity contribution in [2.45, 2.75) is 19.4 Å². The summed E-state index contributed by atoms with van der Waals surface area (Å²) in [6, 6.07) is 1.36. The van der Waals surface area contributed by atoms with Crippen LogP contribution >= 0.6 is 0 Å². The van der Waals surface area contributed by atoms with E-state index in [4.69, 9.17) is 10.8 Å². The maximum atomic E-state index is 12.2. The lowest BCUT2D eigenvalue weighted by atomic mass is 9.97. The average Bonchev–Trinajstić information content (AvgIpc) is 2.37. The third-order valence-electron chi connectivity index (χ3n) is 3.60. The standard InChI is InChI=1S/C13H18N4O3/c1-13(2)12(20)16(3)4-5-17(13)10-9(14)6-8(7-15-10)11(18)19/h6-7H,4-5,14H2,1-3H3,(H,18,19). The average molecular weight is 278 g/mol. The number of anilines is 2. The third kappa shape index (κ3) is 2.15. The molecule has 7 nitrogen and oxygen atoms in total. The topological polar surface area (TPSA) is 99.8 Å². The Morgan fingerprint density at radius 2 is 2.10 bits per heavy atom. The lowest BCUT2D eigenvalue weighted by Crippen LogP contribution is -2.62. The molecule has 1 aromatic heterocycles. The molecule has 7 heteroatoms. The maximum Gasteiger partial charge on any atom is 0.337 e. The number of aromatic nitrogens is 1. The Morgan fingerprint density at radius 3 is 2.65 bits per heavy atom. The normalized spacial score (nSPS) is 18.2. The number of nitrogens with zero attached hydrogens (tertiary/aromatic N) is 3. The minimum absolute atomic E-state index is 0.0211. The van der Waals surface area contributed by atoms with Gasteiger partial charge < -0.3 is 20.6 Å². The highest BCUT2D eigenvalue weighted by Crippen LogP contribution is 2.31. The van der Waals surface area contributed by atoms with Crippen molar-refractivity contribution in [2.75, 3.05) is 30.8 Å². The van der Waals surface area contributed by atoms with Crippen molar-refractivity contribution in [3.05, 3.63) is 17.8 Å². The minimum atomic E-state index is -1.08. The van der Waals surface area contributed by atoms with Crippen molar-refractivity contribution in [1.82, 2.24) is 9.88 Å². The number of carbonyl (C=O) groups is 2. The van der Waals surface area contributed by atoms with Gasteiger partial charge in [0.2, 0.25) is 5.91 Å². The van der Waals surface area contributed by atoms with Crippen LogP contribution in [0.3, 0.4) is 0 Å². The van der Waals surface area contributed by atoms with E-state index in [-0.39, 0.29) is 17.2 Å². The summed E-state index contributed by atoms with van der Waals surface area (Å²) in [5.41, 5.74) is 5.43. The molecule has 2 rings (SSSR count). The van der Waals surface area contributed by atoms with Gasteiger partial charge in [0.15, 0.2) is 5.82 Å². The fraction of sp³-hybridized carbons (Fsp3) is 0.462. The first kappa shape index (κ1) is 14.1. The molecule has 0 aromatic carbocycles. The van der Waals surface area contributed by atoms with Crippen molar-refractivity contribution in [1.29, 1.82) is 0 Å². The Hall–Kier alpha value is -2.31. The van der Waals surface area contributed by atoms with Gasteiger partial charge in [-0.05, 0) is 19.9 Å². The quantitative estimate of drug-likeness (QED) is 0.813. The lowest BCUT2D eigenvalue weighted by Gasteiger charge is -2.45. The molecule has 108 valence electrons. The second kappa shape index (κ2) is 4.66. The number of hydrogen-bond acceptors (Lipinski definition) is 5. The number of carboxylic acid groups (broad SMARTS) is 1. The number of rotatable bonds is 2. The maximum absolute atomic E-state index is 12.2. The molecule has 0 saturated carbocycles. The molecule has 0 bridgehead atoms. The van der Waals surface area contributed by atoms with Crippen LogP contribution in [0.25, 0.3) is 0 Å². The molecule has 0 spiro atoms. The first-order valence-corrected chi connectivity index (χ1v) is 6.27. The third-order valence-corrected chi connectivity index (χ3v) is 3.60. The van der Waals surface area contributed by atoms with Gasteiger partial charge in [0.1, 0.15) is 5.54 Å². The fourth-order valence-corrected chi connectivity index (χ4v) is 2.40. The predicted molar refractivity (Wildman–Crippen MR) is 74.7 cm³/mol. The Kier molecular flexibility index (Phi) is 3.29. The van der Waals surface area contributed by atoms with Crippen molar-refractivity contribution in [3.63, 3.8) is 0 Å². The van der Waals surface area contributed by atoms with Crippen LogP contribution in [0, 0.1) is 0 Å². The van der Waals surface area contributed by atoms with Gasteiger partial charge in [-0.2, -0.15) is 0 Å². The monoisotopic (exact) mass is 278 g/mol. The summed E-state index contributed by atoms with van der Waals surface area (Å²) in [6.07, 6.45) is 1.26. The van der Waals surface area contributed by atoms with Crippen molar-refractivity contribution in [3.8, 4) is 0 Å². The zero-order valence-corrected chi connectivity index (χ0v) is 11.8. The number of nitrogens with two attached hydrogens (primary N) is 1. The number of amides is 1. The van der Waals surface area contributed by atoms with E-state index in [2.05, 4.69) is 4.98 Å². The largest absolute Gasteiger partial charge is 0.478 e. The molecule has 1 amide bonds. The van der Waals surface area contributed by atoms with E-state index in [1.807, 2.05) is 4.90 Å². The van der Waals surface area contributed by atoms with Gasteiger partial charge >= 0.3 is 5.97 Å². The van der Waals surface area contributed by atoms with Gasteiger partial charge in [-0.3, -0.25) is 4.79 Å². The van der Waals surface area contributed by atoms with Gasteiger partial charge in [0.05, 0.1) is 11.3 Å². The number of hydrogen-bond donors (Lipinski definition) is 2. The number of piperazine rings is 1. The van der Waals surface area contributed by atoms with E-state index < -0.39 is 11.5 Å². The van der Waals surface area contributed by atoms with Crippen LogP contribution in [0.15, 0.2) is 12.3 Å². The van der Waals surface area contributed by atoms with Crippen LogP contribution in [0.4, 0.5) is 11.5 Å². The molecule has 0 radical (unpaired) electrons. The van der Waals surface area contributed by atoms with Gasteiger partial charge in [-0.15, -0.1) is 0 Å². The van der Waals surface area contributed by atoms with Crippen molar-refractivity contribution >= 4 is 23.4 Å². The lowest BCUT2D eigenvalue weighted by molar-refractivity contribution is -0.136. The first-order valence-electron chi connectivity index (χ1n) is 6.27. The molecule has 1 saturated heterocycles. The molecular formula is C13H18N4O3. The van der Waals surface area contributed by atoms with Gasteiger partial charge in [-0.1, -0.05) is 0 Å².